The first kappa shape index (κ1) is 22.7. The number of methoxy groups -OCH3 is 1. The van der Waals surface area contributed by atoms with Crippen LogP contribution in [0.3, 0.4) is 0 Å². The summed E-state index contributed by atoms with van der Waals surface area (Å²) in [6.45, 7) is 0.410. The van der Waals surface area contributed by atoms with E-state index in [1.807, 2.05) is 54.6 Å². The molecule has 0 aliphatic carbocycles. The standard InChI is InChI=1S/C28H24N2O4/c1-33-28-18-26(34-19-20-12-14-29-15-13-20)11-7-21(28)6-9-24(31)17-25(32)10-8-23-16-22-4-2-3-5-27(22)30-23/h2-16,18,30H,17,19H2,1H3. The number of aromatic nitrogens is 2. The number of benzene rings is 2. The van der Waals surface area contributed by atoms with Gasteiger partial charge in [0.2, 0.25) is 0 Å². The van der Waals surface area contributed by atoms with Gasteiger partial charge in [-0.1, -0.05) is 18.2 Å². The Morgan fingerprint density at radius 3 is 2.47 bits per heavy atom. The van der Waals surface area contributed by atoms with Gasteiger partial charge in [0.15, 0.2) is 11.6 Å². The molecule has 0 aliphatic rings. The zero-order valence-corrected chi connectivity index (χ0v) is 18.7. The number of ether oxygens (including phenoxy) is 2. The molecular formula is C28H24N2O4. The van der Waals surface area contributed by atoms with E-state index in [1.165, 1.54) is 12.2 Å². The molecule has 0 saturated heterocycles. The van der Waals surface area contributed by atoms with E-state index in [0.717, 1.165) is 22.2 Å². The molecule has 34 heavy (non-hydrogen) atoms. The molecule has 2 aromatic carbocycles. The third kappa shape index (κ3) is 6.07. The minimum Gasteiger partial charge on any atom is -0.496 e. The molecule has 0 unspecified atom stereocenters. The molecule has 6 heteroatoms. The first-order chi connectivity index (χ1) is 16.6. The summed E-state index contributed by atoms with van der Waals surface area (Å²) in [5.41, 5.74) is 3.53. The summed E-state index contributed by atoms with van der Waals surface area (Å²) in [5.74, 6) is 0.669. The summed E-state index contributed by atoms with van der Waals surface area (Å²) >= 11 is 0. The summed E-state index contributed by atoms with van der Waals surface area (Å²) in [5, 5.41) is 1.07. The number of aromatic amines is 1. The van der Waals surface area contributed by atoms with Crippen molar-refractivity contribution in [3.8, 4) is 11.5 Å². The van der Waals surface area contributed by atoms with Gasteiger partial charge in [-0.05, 0) is 71.7 Å². The highest BCUT2D eigenvalue weighted by Gasteiger charge is 2.07. The Morgan fingerprint density at radius 1 is 0.941 bits per heavy atom. The summed E-state index contributed by atoms with van der Waals surface area (Å²) < 4.78 is 11.2. The molecule has 2 aromatic heterocycles. The van der Waals surface area contributed by atoms with Gasteiger partial charge in [-0.25, -0.2) is 0 Å². The second-order valence-electron chi connectivity index (χ2n) is 7.64. The molecule has 0 aliphatic heterocycles. The molecule has 170 valence electrons. The molecule has 6 nitrogen and oxygen atoms in total. The number of hydrogen-bond donors (Lipinski definition) is 1. The minimum atomic E-state index is -0.286. The lowest BCUT2D eigenvalue weighted by molar-refractivity contribution is -0.121. The van der Waals surface area contributed by atoms with Crippen molar-refractivity contribution in [1.82, 2.24) is 9.97 Å². The Balaban J connectivity index is 1.33. The second kappa shape index (κ2) is 10.9. The van der Waals surface area contributed by atoms with Gasteiger partial charge in [-0.2, -0.15) is 0 Å². The first-order valence-electron chi connectivity index (χ1n) is 10.8. The normalized spacial score (nSPS) is 11.3. The molecule has 1 N–H and O–H groups in total. The fourth-order valence-electron chi connectivity index (χ4n) is 3.41. The third-order valence-electron chi connectivity index (χ3n) is 5.16. The highest BCUT2D eigenvalue weighted by atomic mass is 16.5. The van der Waals surface area contributed by atoms with E-state index in [9.17, 15) is 9.59 Å². The van der Waals surface area contributed by atoms with Crippen molar-refractivity contribution in [3.63, 3.8) is 0 Å². The third-order valence-corrected chi connectivity index (χ3v) is 5.16. The lowest BCUT2D eigenvalue weighted by Gasteiger charge is -2.10. The van der Waals surface area contributed by atoms with Crippen LogP contribution in [0.2, 0.25) is 0 Å². The minimum absolute atomic E-state index is 0.206. The van der Waals surface area contributed by atoms with Crippen LogP contribution >= 0.6 is 0 Å². The monoisotopic (exact) mass is 452 g/mol. The van der Waals surface area contributed by atoms with Crippen molar-refractivity contribution < 1.29 is 19.1 Å². The fourth-order valence-corrected chi connectivity index (χ4v) is 3.41. The van der Waals surface area contributed by atoms with Crippen LogP contribution in [0.1, 0.15) is 23.2 Å². The molecule has 4 rings (SSSR count). The molecule has 4 aromatic rings. The number of carbonyl (C=O) groups is 2. The summed E-state index contributed by atoms with van der Waals surface area (Å²) in [7, 11) is 1.56. The predicted octanol–water partition coefficient (Wildman–Crippen LogP) is 5.41. The number of nitrogens with zero attached hydrogens (tertiary/aromatic N) is 1. The lowest BCUT2D eigenvalue weighted by atomic mass is 10.1. The Kier molecular flexibility index (Phi) is 7.30. The van der Waals surface area contributed by atoms with Crippen LogP contribution in [0.4, 0.5) is 0 Å². The van der Waals surface area contributed by atoms with E-state index in [-0.39, 0.29) is 18.0 Å². The van der Waals surface area contributed by atoms with E-state index in [0.29, 0.717) is 23.7 Å². The maximum Gasteiger partial charge on any atom is 0.163 e. The lowest BCUT2D eigenvalue weighted by Crippen LogP contribution is -2.02. The molecule has 0 amide bonds. The van der Waals surface area contributed by atoms with Crippen molar-refractivity contribution in [3.05, 3.63) is 102 Å². The number of pyridine rings is 1. The summed E-state index contributed by atoms with van der Waals surface area (Å²) in [4.78, 5) is 31.7. The van der Waals surface area contributed by atoms with E-state index >= 15 is 0 Å². The van der Waals surface area contributed by atoms with Crippen LogP contribution < -0.4 is 9.47 Å². The number of allylic oxidation sites excluding steroid dienone is 2. The maximum absolute atomic E-state index is 12.3. The highest BCUT2D eigenvalue weighted by Crippen LogP contribution is 2.26. The van der Waals surface area contributed by atoms with Crippen LogP contribution in [0.15, 0.2) is 85.2 Å². The quantitative estimate of drug-likeness (QED) is 0.257. The van der Waals surface area contributed by atoms with Crippen molar-refractivity contribution in [2.75, 3.05) is 7.11 Å². The average molecular weight is 453 g/mol. The summed E-state index contributed by atoms with van der Waals surface area (Å²) in [6, 6.07) is 19.0. The molecule has 0 spiro atoms. The number of nitrogens with one attached hydrogen (secondary N) is 1. The number of H-pyrrole nitrogens is 1. The average Bonchev–Trinajstić information content (AvgIpc) is 3.29. The Hall–Kier alpha value is -4.45. The van der Waals surface area contributed by atoms with Gasteiger partial charge in [-0.15, -0.1) is 0 Å². The van der Waals surface area contributed by atoms with Gasteiger partial charge in [0.25, 0.3) is 0 Å². The zero-order valence-electron chi connectivity index (χ0n) is 18.7. The Labute approximate surface area is 197 Å². The SMILES string of the molecule is COc1cc(OCc2ccncc2)ccc1C=CC(=O)CC(=O)C=Cc1cc2ccccc2[nH]1. The van der Waals surface area contributed by atoms with Crippen molar-refractivity contribution in [2.24, 2.45) is 0 Å². The Morgan fingerprint density at radius 2 is 1.71 bits per heavy atom. The first-order valence-corrected chi connectivity index (χ1v) is 10.8. The predicted molar refractivity (Wildman–Crippen MR) is 133 cm³/mol. The van der Waals surface area contributed by atoms with Crippen LogP contribution in [-0.4, -0.2) is 28.6 Å². The van der Waals surface area contributed by atoms with Crippen molar-refractivity contribution in [1.29, 1.82) is 0 Å². The molecule has 0 atom stereocenters. The largest absolute Gasteiger partial charge is 0.496 e. The van der Waals surface area contributed by atoms with Gasteiger partial charge in [-0.3, -0.25) is 14.6 Å². The van der Waals surface area contributed by atoms with Crippen LogP contribution in [0, 0.1) is 0 Å². The van der Waals surface area contributed by atoms with E-state index in [4.69, 9.17) is 9.47 Å². The second-order valence-corrected chi connectivity index (χ2v) is 7.64. The summed E-state index contributed by atoms with van der Waals surface area (Å²) in [6.07, 6.45) is 9.37. The van der Waals surface area contributed by atoms with Gasteiger partial charge < -0.3 is 14.5 Å². The number of ketones is 2. The van der Waals surface area contributed by atoms with Crippen LogP contribution in [0.5, 0.6) is 11.5 Å². The van der Waals surface area contributed by atoms with Crippen LogP contribution in [-0.2, 0) is 16.2 Å². The smallest absolute Gasteiger partial charge is 0.163 e. The zero-order chi connectivity index (χ0) is 23.8. The molecule has 0 fully saturated rings. The van der Waals surface area contributed by atoms with E-state index in [2.05, 4.69) is 9.97 Å². The number of carbonyl (C=O) groups excluding carboxylic acids is 2. The van der Waals surface area contributed by atoms with Crippen LogP contribution in [0.25, 0.3) is 23.1 Å². The highest BCUT2D eigenvalue weighted by molar-refractivity contribution is 6.11. The van der Waals surface area contributed by atoms with Gasteiger partial charge in [0.1, 0.15) is 18.1 Å². The molecular weight excluding hydrogens is 428 g/mol. The van der Waals surface area contributed by atoms with Gasteiger partial charge >= 0.3 is 0 Å². The number of rotatable bonds is 10. The molecule has 0 bridgehead atoms. The van der Waals surface area contributed by atoms with Crippen molar-refractivity contribution in [2.45, 2.75) is 13.0 Å². The molecule has 0 saturated carbocycles. The van der Waals surface area contributed by atoms with Crippen molar-refractivity contribution >= 4 is 34.6 Å². The van der Waals surface area contributed by atoms with E-state index in [1.54, 1.807) is 37.7 Å². The number of hydrogen-bond acceptors (Lipinski definition) is 5. The van der Waals surface area contributed by atoms with E-state index < -0.39 is 0 Å². The fraction of sp³-hybridized carbons (Fsp3) is 0.107. The van der Waals surface area contributed by atoms with Gasteiger partial charge in [0.05, 0.1) is 13.5 Å². The van der Waals surface area contributed by atoms with Gasteiger partial charge in [0, 0.05) is 35.2 Å². The number of para-hydroxylation sites is 1. The maximum atomic E-state index is 12.3. The topological polar surface area (TPSA) is 81.3 Å². The number of fused-ring (bicyclic) bond motifs is 1. The Bertz CT molecular complexity index is 1320. The molecule has 0 radical (unpaired) electrons. The molecule has 2 heterocycles.